The first-order valence-corrected chi connectivity index (χ1v) is 7.92. The van der Waals surface area contributed by atoms with E-state index >= 15 is 0 Å². The minimum Gasteiger partial charge on any atom is -0.467 e. The molecule has 1 saturated carbocycles. The summed E-state index contributed by atoms with van der Waals surface area (Å²) in [6, 6.07) is 11.6. The number of fused-ring (bicyclic) bond motifs is 1. The standard InChI is InChI=1S/C18H18N2O3/c1-12(16-7-4-10-22-16)20(13-8-9-13)18(21)11-15-14-5-2-3-6-17(14)23-19-15/h2-7,10,12-13H,8-9,11H2,1H3. The monoisotopic (exact) mass is 310 g/mol. The van der Waals surface area contributed by atoms with Gasteiger partial charge in [0.1, 0.15) is 11.5 Å². The maximum Gasteiger partial charge on any atom is 0.229 e. The first kappa shape index (κ1) is 14.1. The zero-order valence-electron chi connectivity index (χ0n) is 12.9. The van der Waals surface area contributed by atoms with Gasteiger partial charge in [-0.05, 0) is 44.0 Å². The van der Waals surface area contributed by atoms with Gasteiger partial charge in [-0.15, -0.1) is 0 Å². The molecule has 3 aromatic rings. The van der Waals surface area contributed by atoms with Crippen molar-refractivity contribution in [1.29, 1.82) is 0 Å². The number of para-hydroxylation sites is 1. The van der Waals surface area contributed by atoms with Crippen LogP contribution in [0.15, 0.2) is 51.6 Å². The minimum absolute atomic E-state index is 0.0652. The molecule has 118 valence electrons. The Kier molecular flexibility index (Phi) is 3.41. The number of carbonyl (C=O) groups excluding carboxylic acids is 1. The smallest absolute Gasteiger partial charge is 0.229 e. The molecule has 1 aromatic carbocycles. The Balaban J connectivity index is 1.58. The molecule has 1 aliphatic carbocycles. The molecule has 0 aliphatic heterocycles. The SMILES string of the molecule is CC(c1ccco1)N(C(=O)Cc1noc2ccccc12)C1CC1. The highest BCUT2D eigenvalue weighted by molar-refractivity contribution is 5.86. The van der Waals surface area contributed by atoms with Crippen molar-refractivity contribution < 1.29 is 13.7 Å². The maximum absolute atomic E-state index is 12.9. The van der Waals surface area contributed by atoms with Crippen molar-refractivity contribution in [2.24, 2.45) is 0 Å². The summed E-state index contributed by atoms with van der Waals surface area (Å²) in [6.45, 7) is 2.01. The molecule has 0 saturated heterocycles. The van der Waals surface area contributed by atoms with Crippen molar-refractivity contribution in [2.45, 2.75) is 38.3 Å². The van der Waals surface area contributed by atoms with Crippen LogP contribution in [0, 0.1) is 0 Å². The second kappa shape index (κ2) is 5.57. The van der Waals surface area contributed by atoms with E-state index in [1.54, 1.807) is 6.26 Å². The second-order valence-electron chi connectivity index (χ2n) is 6.03. The summed E-state index contributed by atoms with van der Waals surface area (Å²) in [6.07, 6.45) is 4.00. The van der Waals surface area contributed by atoms with Gasteiger partial charge < -0.3 is 13.8 Å². The van der Waals surface area contributed by atoms with Crippen LogP contribution in [-0.2, 0) is 11.2 Å². The highest BCUT2D eigenvalue weighted by atomic mass is 16.5. The van der Waals surface area contributed by atoms with Crippen molar-refractivity contribution in [3.05, 3.63) is 54.1 Å². The number of hydrogen-bond donors (Lipinski definition) is 0. The summed E-state index contributed by atoms with van der Waals surface area (Å²) < 4.78 is 10.8. The van der Waals surface area contributed by atoms with Gasteiger partial charge in [-0.25, -0.2) is 0 Å². The van der Waals surface area contributed by atoms with Crippen LogP contribution in [0.2, 0.25) is 0 Å². The first-order chi connectivity index (χ1) is 11.2. The number of hydrogen-bond acceptors (Lipinski definition) is 4. The number of benzene rings is 1. The Morgan fingerprint density at radius 2 is 2.13 bits per heavy atom. The molecule has 2 heterocycles. The maximum atomic E-state index is 12.9. The number of aromatic nitrogens is 1. The third-order valence-electron chi connectivity index (χ3n) is 4.37. The van der Waals surface area contributed by atoms with E-state index in [4.69, 9.17) is 8.94 Å². The van der Waals surface area contributed by atoms with Crippen LogP contribution in [0.4, 0.5) is 0 Å². The molecule has 2 aromatic heterocycles. The number of furan rings is 1. The van der Waals surface area contributed by atoms with Crippen LogP contribution in [0.3, 0.4) is 0 Å². The highest BCUT2D eigenvalue weighted by Crippen LogP contribution is 2.35. The molecule has 23 heavy (non-hydrogen) atoms. The molecule has 5 nitrogen and oxygen atoms in total. The summed E-state index contributed by atoms with van der Waals surface area (Å²) in [4.78, 5) is 14.8. The first-order valence-electron chi connectivity index (χ1n) is 7.92. The van der Waals surface area contributed by atoms with Gasteiger partial charge >= 0.3 is 0 Å². The fraction of sp³-hybridized carbons (Fsp3) is 0.333. The van der Waals surface area contributed by atoms with E-state index in [-0.39, 0.29) is 18.4 Å². The van der Waals surface area contributed by atoms with E-state index in [1.165, 1.54) is 0 Å². The third kappa shape index (κ3) is 2.63. The summed E-state index contributed by atoms with van der Waals surface area (Å²) >= 11 is 0. The lowest BCUT2D eigenvalue weighted by atomic mass is 10.1. The average molecular weight is 310 g/mol. The Hall–Kier alpha value is -2.56. The van der Waals surface area contributed by atoms with Gasteiger partial charge in [0.2, 0.25) is 5.91 Å². The molecule has 0 bridgehead atoms. The van der Waals surface area contributed by atoms with Crippen molar-refractivity contribution in [2.75, 3.05) is 0 Å². The lowest BCUT2D eigenvalue weighted by Crippen LogP contribution is -2.36. The lowest BCUT2D eigenvalue weighted by Gasteiger charge is -2.27. The Bertz CT molecular complexity index is 818. The molecule has 1 aliphatic rings. The summed E-state index contributed by atoms with van der Waals surface area (Å²) in [5.74, 6) is 0.880. The van der Waals surface area contributed by atoms with Crippen molar-refractivity contribution >= 4 is 16.9 Å². The Morgan fingerprint density at radius 3 is 2.87 bits per heavy atom. The normalized spacial score (nSPS) is 15.7. The number of amides is 1. The number of carbonyl (C=O) groups is 1. The molecular formula is C18H18N2O3. The third-order valence-corrected chi connectivity index (χ3v) is 4.37. The highest BCUT2D eigenvalue weighted by Gasteiger charge is 2.37. The van der Waals surface area contributed by atoms with Gasteiger partial charge in [-0.2, -0.15) is 0 Å². The van der Waals surface area contributed by atoms with E-state index in [2.05, 4.69) is 5.16 Å². The number of rotatable bonds is 5. The average Bonchev–Trinajstić information content (AvgIpc) is 3.09. The second-order valence-corrected chi connectivity index (χ2v) is 6.03. The predicted octanol–water partition coefficient (Wildman–Crippen LogP) is 3.72. The van der Waals surface area contributed by atoms with Gasteiger partial charge in [0.05, 0.1) is 18.7 Å². The fourth-order valence-electron chi connectivity index (χ4n) is 3.05. The molecule has 0 spiro atoms. The molecule has 1 amide bonds. The van der Waals surface area contributed by atoms with Crippen molar-refractivity contribution in [1.82, 2.24) is 10.1 Å². The van der Waals surface area contributed by atoms with Gasteiger partial charge in [0.25, 0.3) is 0 Å². The van der Waals surface area contributed by atoms with Crippen LogP contribution in [-0.4, -0.2) is 22.0 Å². The van der Waals surface area contributed by atoms with E-state index < -0.39 is 0 Å². The van der Waals surface area contributed by atoms with Gasteiger partial charge in [0, 0.05) is 11.4 Å². The predicted molar refractivity (Wildman–Crippen MR) is 84.7 cm³/mol. The zero-order chi connectivity index (χ0) is 15.8. The zero-order valence-corrected chi connectivity index (χ0v) is 12.9. The molecular weight excluding hydrogens is 292 g/mol. The van der Waals surface area contributed by atoms with E-state index in [0.29, 0.717) is 17.3 Å². The van der Waals surface area contributed by atoms with Crippen molar-refractivity contribution in [3.8, 4) is 0 Å². The molecule has 5 heteroatoms. The summed E-state index contributed by atoms with van der Waals surface area (Å²) in [5, 5.41) is 4.98. The number of nitrogens with zero attached hydrogens (tertiary/aromatic N) is 2. The van der Waals surface area contributed by atoms with Crippen LogP contribution in [0.5, 0.6) is 0 Å². The molecule has 1 atom stereocenters. The van der Waals surface area contributed by atoms with Crippen LogP contribution < -0.4 is 0 Å². The van der Waals surface area contributed by atoms with Crippen molar-refractivity contribution in [3.63, 3.8) is 0 Å². The topological polar surface area (TPSA) is 59.5 Å². The molecule has 4 rings (SSSR count). The van der Waals surface area contributed by atoms with Gasteiger partial charge in [-0.1, -0.05) is 17.3 Å². The summed E-state index contributed by atoms with van der Waals surface area (Å²) in [5.41, 5.74) is 1.41. The molecule has 0 N–H and O–H groups in total. The molecule has 0 radical (unpaired) electrons. The van der Waals surface area contributed by atoms with E-state index in [0.717, 1.165) is 24.0 Å². The van der Waals surface area contributed by atoms with Gasteiger partial charge in [-0.3, -0.25) is 4.79 Å². The quantitative estimate of drug-likeness (QED) is 0.720. The van der Waals surface area contributed by atoms with Crippen LogP contribution in [0.1, 0.15) is 37.3 Å². The lowest BCUT2D eigenvalue weighted by molar-refractivity contribution is -0.133. The minimum atomic E-state index is -0.0665. The summed E-state index contributed by atoms with van der Waals surface area (Å²) in [7, 11) is 0. The largest absolute Gasteiger partial charge is 0.467 e. The fourth-order valence-corrected chi connectivity index (χ4v) is 3.05. The Labute approximate surface area is 133 Å². The van der Waals surface area contributed by atoms with Crippen LogP contribution >= 0.6 is 0 Å². The molecule has 1 fully saturated rings. The van der Waals surface area contributed by atoms with Crippen LogP contribution in [0.25, 0.3) is 11.0 Å². The van der Waals surface area contributed by atoms with E-state index in [9.17, 15) is 4.79 Å². The van der Waals surface area contributed by atoms with Gasteiger partial charge in [0.15, 0.2) is 5.58 Å². The Morgan fingerprint density at radius 1 is 1.30 bits per heavy atom. The molecule has 1 unspecified atom stereocenters. The van der Waals surface area contributed by atoms with E-state index in [1.807, 2.05) is 48.2 Å².